The van der Waals surface area contributed by atoms with Gasteiger partial charge in [0, 0.05) is 19.5 Å². The van der Waals surface area contributed by atoms with Crippen LogP contribution in [0.3, 0.4) is 0 Å². The Kier molecular flexibility index (Phi) is 7.31. The van der Waals surface area contributed by atoms with E-state index >= 15 is 0 Å². The lowest BCUT2D eigenvalue weighted by Gasteiger charge is -2.11. The number of aryl methyl sites for hydroxylation is 1. The summed E-state index contributed by atoms with van der Waals surface area (Å²) in [5.41, 5.74) is 5.18. The maximum atomic E-state index is 12.3. The number of Topliss-reactive ketones (excluding diaryl/α,β-unsaturated/α-hetero) is 1. The number of carbonyl (C=O) groups excluding carboxylic acids is 2. The number of esters is 1. The third kappa shape index (κ3) is 5.99. The number of nitrogens with zero attached hydrogens (tertiary/aromatic N) is 2. The van der Waals surface area contributed by atoms with Crippen LogP contribution in [0.25, 0.3) is 6.08 Å². The van der Waals surface area contributed by atoms with Crippen molar-refractivity contribution >= 4 is 33.7 Å². The van der Waals surface area contributed by atoms with E-state index in [2.05, 4.69) is 0 Å². The Morgan fingerprint density at radius 1 is 1.13 bits per heavy atom. The zero-order chi connectivity index (χ0) is 23.3. The van der Waals surface area contributed by atoms with E-state index in [0.29, 0.717) is 10.1 Å². The predicted molar refractivity (Wildman–Crippen MR) is 114 cm³/mol. The van der Waals surface area contributed by atoms with Crippen molar-refractivity contribution in [2.24, 2.45) is 14.1 Å². The van der Waals surface area contributed by atoms with Gasteiger partial charge < -0.3 is 10.5 Å². The predicted octanol–water partition coefficient (Wildman–Crippen LogP) is -0.709. The van der Waals surface area contributed by atoms with Crippen LogP contribution in [0.5, 0.6) is 0 Å². The Morgan fingerprint density at radius 2 is 1.74 bits per heavy atom. The van der Waals surface area contributed by atoms with Gasteiger partial charge in [-0.15, -0.1) is 0 Å². The summed E-state index contributed by atoms with van der Waals surface area (Å²) in [5, 5.41) is 0.894. The molecule has 0 aliphatic heterocycles. The molecule has 0 saturated heterocycles. The minimum absolute atomic E-state index is 0.365. The molecule has 0 aliphatic rings. The summed E-state index contributed by atoms with van der Waals surface area (Å²) in [6, 6.07) is 7.10. The standard InChI is InChI=1S/C19H22N4O7S/c1-12-4-6-13(7-5-12)8-9-31(28,29)21-10-15(25)30-11-14(24)16-17(20)22(2)19(27)23(3)18(16)26/h4-9,21H,10-11,20H2,1-3H3/b9-8+. The fourth-order valence-corrected chi connectivity index (χ4v) is 3.20. The number of ketones is 1. The van der Waals surface area contributed by atoms with Crippen LogP contribution >= 0.6 is 0 Å². The summed E-state index contributed by atoms with van der Waals surface area (Å²) in [5.74, 6) is -2.33. The Bertz CT molecular complexity index is 1260. The number of anilines is 1. The van der Waals surface area contributed by atoms with Crippen molar-refractivity contribution in [2.75, 3.05) is 18.9 Å². The molecule has 31 heavy (non-hydrogen) atoms. The molecular formula is C19H22N4O7S. The molecule has 0 radical (unpaired) electrons. The fraction of sp³-hybridized carbons (Fsp3) is 0.263. The van der Waals surface area contributed by atoms with E-state index in [0.717, 1.165) is 15.5 Å². The van der Waals surface area contributed by atoms with Gasteiger partial charge in [-0.3, -0.25) is 23.5 Å². The van der Waals surface area contributed by atoms with E-state index in [1.807, 2.05) is 23.8 Å². The van der Waals surface area contributed by atoms with Crippen LogP contribution in [-0.4, -0.2) is 42.5 Å². The molecule has 0 saturated carbocycles. The Hall–Kier alpha value is -3.51. The Labute approximate surface area is 177 Å². The summed E-state index contributed by atoms with van der Waals surface area (Å²) in [6.07, 6.45) is 1.36. The van der Waals surface area contributed by atoms with Gasteiger partial charge in [-0.2, -0.15) is 0 Å². The monoisotopic (exact) mass is 450 g/mol. The first-order chi connectivity index (χ1) is 14.4. The fourth-order valence-electron chi connectivity index (χ4n) is 2.44. The molecule has 1 aromatic heterocycles. The molecule has 0 aliphatic carbocycles. The summed E-state index contributed by atoms with van der Waals surface area (Å²) >= 11 is 0. The van der Waals surface area contributed by atoms with Gasteiger partial charge >= 0.3 is 11.7 Å². The maximum Gasteiger partial charge on any atom is 0.332 e. The van der Waals surface area contributed by atoms with Crippen LogP contribution in [0.1, 0.15) is 21.5 Å². The lowest BCUT2D eigenvalue weighted by molar-refractivity contribution is -0.141. The first-order valence-corrected chi connectivity index (χ1v) is 10.5. The third-order valence-corrected chi connectivity index (χ3v) is 5.33. The van der Waals surface area contributed by atoms with E-state index in [4.69, 9.17) is 10.5 Å². The average molecular weight is 450 g/mol. The normalized spacial score (nSPS) is 11.6. The first-order valence-electron chi connectivity index (χ1n) is 8.91. The van der Waals surface area contributed by atoms with Crippen molar-refractivity contribution < 1.29 is 22.7 Å². The van der Waals surface area contributed by atoms with Gasteiger partial charge in [-0.05, 0) is 18.6 Å². The number of benzene rings is 1. The topological polar surface area (TPSA) is 160 Å². The van der Waals surface area contributed by atoms with Crippen LogP contribution in [0.2, 0.25) is 0 Å². The molecule has 166 valence electrons. The van der Waals surface area contributed by atoms with Crippen molar-refractivity contribution in [3.05, 3.63) is 67.2 Å². The Balaban J connectivity index is 1.96. The van der Waals surface area contributed by atoms with Gasteiger partial charge in [-0.25, -0.2) is 17.9 Å². The molecule has 12 heteroatoms. The molecule has 0 spiro atoms. The lowest BCUT2D eigenvalue weighted by Crippen LogP contribution is -2.42. The van der Waals surface area contributed by atoms with Gasteiger partial charge in [0.05, 0.1) is 0 Å². The minimum atomic E-state index is -3.93. The maximum absolute atomic E-state index is 12.3. The molecule has 0 bridgehead atoms. The SMILES string of the molecule is Cc1ccc(/C=C/S(=O)(=O)NCC(=O)OCC(=O)c2c(N)n(C)c(=O)n(C)c2=O)cc1. The van der Waals surface area contributed by atoms with Gasteiger partial charge in [-0.1, -0.05) is 29.8 Å². The van der Waals surface area contributed by atoms with Crippen molar-refractivity contribution in [1.29, 1.82) is 0 Å². The van der Waals surface area contributed by atoms with E-state index in [-0.39, 0.29) is 5.82 Å². The van der Waals surface area contributed by atoms with Crippen LogP contribution in [0.4, 0.5) is 5.82 Å². The van der Waals surface area contributed by atoms with Crippen LogP contribution in [0, 0.1) is 6.92 Å². The number of nitrogens with two attached hydrogens (primary N) is 1. The third-order valence-electron chi connectivity index (χ3n) is 4.29. The molecule has 0 fully saturated rings. The molecule has 0 amide bonds. The first kappa shape index (κ1) is 23.8. The molecule has 11 nitrogen and oxygen atoms in total. The number of nitrogen functional groups attached to an aromatic ring is 1. The van der Waals surface area contributed by atoms with Crippen molar-refractivity contribution in [2.45, 2.75) is 6.92 Å². The number of carbonyl (C=O) groups is 2. The largest absolute Gasteiger partial charge is 0.456 e. The number of hydrogen-bond donors (Lipinski definition) is 2. The summed E-state index contributed by atoms with van der Waals surface area (Å²) in [7, 11) is -1.48. The van der Waals surface area contributed by atoms with E-state index in [1.165, 1.54) is 20.2 Å². The van der Waals surface area contributed by atoms with Gasteiger partial charge in [0.1, 0.15) is 17.9 Å². The number of aromatic nitrogens is 2. The van der Waals surface area contributed by atoms with Crippen molar-refractivity contribution in [3.8, 4) is 0 Å². The minimum Gasteiger partial charge on any atom is -0.456 e. The highest BCUT2D eigenvalue weighted by Crippen LogP contribution is 2.06. The summed E-state index contributed by atoms with van der Waals surface area (Å²) in [6.45, 7) is 0.319. The molecule has 0 unspecified atom stereocenters. The van der Waals surface area contributed by atoms with Crippen LogP contribution < -0.4 is 21.7 Å². The van der Waals surface area contributed by atoms with Crippen molar-refractivity contribution in [3.63, 3.8) is 0 Å². The van der Waals surface area contributed by atoms with Crippen LogP contribution in [-0.2, 0) is 33.7 Å². The highest BCUT2D eigenvalue weighted by Gasteiger charge is 2.21. The highest BCUT2D eigenvalue weighted by molar-refractivity contribution is 7.92. The molecular weight excluding hydrogens is 428 g/mol. The smallest absolute Gasteiger partial charge is 0.332 e. The van der Waals surface area contributed by atoms with E-state index < -0.39 is 51.7 Å². The number of nitrogens with one attached hydrogen (secondary N) is 1. The molecule has 2 rings (SSSR count). The molecule has 3 N–H and O–H groups in total. The lowest BCUT2D eigenvalue weighted by atomic mass is 10.2. The highest BCUT2D eigenvalue weighted by atomic mass is 32.2. The summed E-state index contributed by atoms with van der Waals surface area (Å²) in [4.78, 5) is 47.9. The number of rotatable bonds is 8. The average Bonchev–Trinajstić information content (AvgIpc) is 2.73. The zero-order valence-electron chi connectivity index (χ0n) is 17.1. The van der Waals surface area contributed by atoms with Gasteiger partial charge in [0.15, 0.2) is 6.61 Å². The van der Waals surface area contributed by atoms with E-state index in [1.54, 1.807) is 12.1 Å². The van der Waals surface area contributed by atoms with Gasteiger partial charge in [0.2, 0.25) is 15.8 Å². The second kappa shape index (κ2) is 9.53. The number of hydrogen-bond acceptors (Lipinski definition) is 8. The molecule has 1 aromatic carbocycles. The van der Waals surface area contributed by atoms with Crippen LogP contribution in [0.15, 0.2) is 39.3 Å². The number of ether oxygens (including phenoxy) is 1. The molecule has 2 aromatic rings. The quantitative estimate of drug-likeness (QED) is 0.394. The van der Waals surface area contributed by atoms with Gasteiger partial charge in [0.25, 0.3) is 5.56 Å². The second-order valence-electron chi connectivity index (χ2n) is 6.63. The molecule has 1 heterocycles. The zero-order valence-corrected chi connectivity index (χ0v) is 17.9. The second-order valence-corrected chi connectivity index (χ2v) is 8.28. The summed E-state index contributed by atoms with van der Waals surface area (Å²) < 4.78 is 32.3. The molecule has 0 atom stereocenters. The van der Waals surface area contributed by atoms with E-state index in [9.17, 15) is 27.6 Å². The number of sulfonamides is 1. The van der Waals surface area contributed by atoms with Crippen molar-refractivity contribution in [1.82, 2.24) is 13.9 Å². The Morgan fingerprint density at radius 3 is 2.35 bits per heavy atom.